The van der Waals surface area contributed by atoms with Crippen LogP contribution in [0.15, 0.2) is 54.6 Å². The molecule has 8 nitrogen and oxygen atoms in total. The number of nitrogens with zero attached hydrogens (tertiary/aromatic N) is 3. The Morgan fingerprint density at radius 2 is 1.65 bits per heavy atom. The van der Waals surface area contributed by atoms with Gasteiger partial charge in [0.15, 0.2) is 0 Å². The topological polar surface area (TPSA) is 104 Å². The van der Waals surface area contributed by atoms with Crippen LogP contribution in [-0.2, 0) is 4.79 Å². The second kappa shape index (κ2) is 10.5. The predicted molar refractivity (Wildman–Crippen MR) is 126 cm³/mol. The zero-order valence-corrected chi connectivity index (χ0v) is 19.3. The van der Waals surface area contributed by atoms with Crippen LogP contribution in [0.4, 0.5) is 10.1 Å². The first-order chi connectivity index (χ1) is 16.4. The van der Waals surface area contributed by atoms with Crippen LogP contribution in [0.3, 0.4) is 0 Å². The Kier molecular flexibility index (Phi) is 7.27. The molecule has 0 bridgehead atoms. The van der Waals surface area contributed by atoms with E-state index < -0.39 is 11.7 Å². The van der Waals surface area contributed by atoms with Crippen LogP contribution in [0.5, 0.6) is 0 Å². The molecule has 10 heteroatoms. The lowest BCUT2D eigenvalue weighted by atomic mass is 9.95. The second-order valence-corrected chi connectivity index (χ2v) is 9.06. The zero-order valence-electron chi connectivity index (χ0n) is 18.5. The second-order valence-electron chi connectivity index (χ2n) is 8.08. The molecule has 0 saturated carbocycles. The SMILES string of the molecule is C[C@@H](NC(=O)C1CCN(C(=O)c2nnc(C(=O)Nc3ccc(F)cc3)s2)CC1)c1ccccc1. The lowest BCUT2D eigenvalue weighted by Gasteiger charge is -2.31. The van der Waals surface area contributed by atoms with Gasteiger partial charge in [0, 0.05) is 24.7 Å². The average molecular weight is 482 g/mol. The van der Waals surface area contributed by atoms with E-state index >= 15 is 0 Å². The van der Waals surface area contributed by atoms with Gasteiger partial charge in [-0.2, -0.15) is 0 Å². The highest BCUT2D eigenvalue weighted by molar-refractivity contribution is 7.15. The lowest BCUT2D eigenvalue weighted by Crippen LogP contribution is -2.43. The summed E-state index contributed by atoms with van der Waals surface area (Å²) in [7, 11) is 0. The molecule has 1 aliphatic rings. The van der Waals surface area contributed by atoms with Crippen LogP contribution in [-0.4, -0.2) is 45.9 Å². The van der Waals surface area contributed by atoms with Gasteiger partial charge in [0.25, 0.3) is 11.8 Å². The summed E-state index contributed by atoms with van der Waals surface area (Å²) < 4.78 is 13.0. The van der Waals surface area contributed by atoms with Crippen LogP contribution in [0.2, 0.25) is 0 Å². The fourth-order valence-electron chi connectivity index (χ4n) is 3.76. The summed E-state index contributed by atoms with van der Waals surface area (Å²) in [5.41, 5.74) is 1.45. The quantitative estimate of drug-likeness (QED) is 0.559. The van der Waals surface area contributed by atoms with Crippen molar-refractivity contribution >= 4 is 34.7 Å². The molecule has 34 heavy (non-hydrogen) atoms. The van der Waals surface area contributed by atoms with Gasteiger partial charge in [-0.15, -0.1) is 10.2 Å². The number of nitrogens with one attached hydrogen (secondary N) is 2. The van der Waals surface area contributed by atoms with E-state index in [2.05, 4.69) is 20.8 Å². The van der Waals surface area contributed by atoms with Crippen molar-refractivity contribution in [3.8, 4) is 0 Å². The molecule has 2 heterocycles. The van der Waals surface area contributed by atoms with E-state index in [1.165, 1.54) is 24.3 Å². The monoisotopic (exact) mass is 481 g/mol. The van der Waals surface area contributed by atoms with Crippen molar-refractivity contribution in [3.63, 3.8) is 0 Å². The number of amides is 3. The van der Waals surface area contributed by atoms with Gasteiger partial charge < -0.3 is 15.5 Å². The van der Waals surface area contributed by atoms with E-state index in [0.717, 1.165) is 16.9 Å². The fraction of sp³-hybridized carbons (Fsp3) is 0.292. The molecule has 1 aromatic heterocycles. The largest absolute Gasteiger partial charge is 0.349 e. The summed E-state index contributed by atoms with van der Waals surface area (Å²) in [6.45, 7) is 2.80. The van der Waals surface area contributed by atoms with Crippen molar-refractivity contribution in [2.24, 2.45) is 5.92 Å². The number of piperidine rings is 1. The molecule has 4 rings (SSSR count). The van der Waals surface area contributed by atoms with E-state index in [9.17, 15) is 18.8 Å². The van der Waals surface area contributed by atoms with Gasteiger partial charge in [-0.3, -0.25) is 14.4 Å². The van der Waals surface area contributed by atoms with Crippen LogP contribution >= 0.6 is 11.3 Å². The molecule has 0 spiro atoms. The van der Waals surface area contributed by atoms with Crippen LogP contribution in [0, 0.1) is 11.7 Å². The van der Waals surface area contributed by atoms with Crippen LogP contribution in [0.1, 0.15) is 51.0 Å². The number of hydrogen-bond donors (Lipinski definition) is 2. The Hall–Kier alpha value is -3.66. The van der Waals surface area contributed by atoms with E-state index in [-0.39, 0.29) is 33.8 Å². The van der Waals surface area contributed by atoms with E-state index in [0.29, 0.717) is 31.6 Å². The highest BCUT2D eigenvalue weighted by Crippen LogP contribution is 2.22. The third-order valence-electron chi connectivity index (χ3n) is 5.72. The van der Waals surface area contributed by atoms with Crippen molar-refractivity contribution in [1.29, 1.82) is 0 Å². The Balaban J connectivity index is 1.29. The Bertz CT molecular complexity index is 1160. The highest BCUT2D eigenvalue weighted by atomic mass is 32.1. The Morgan fingerprint density at radius 1 is 1.00 bits per heavy atom. The molecule has 1 fully saturated rings. The van der Waals surface area contributed by atoms with Crippen LogP contribution < -0.4 is 10.6 Å². The molecule has 0 aliphatic carbocycles. The summed E-state index contributed by atoms with van der Waals surface area (Å²) >= 11 is 0.899. The van der Waals surface area contributed by atoms with Gasteiger partial charge in [-0.1, -0.05) is 41.7 Å². The molecule has 1 aliphatic heterocycles. The van der Waals surface area contributed by atoms with Gasteiger partial charge in [-0.25, -0.2) is 4.39 Å². The number of likely N-dealkylation sites (tertiary alicyclic amines) is 1. The number of carbonyl (C=O) groups excluding carboxylic acids is 3. The Labute approximate surface area is 200 Å². The molecular weight excluding hydrogens is 457 g/mol. The lowest BCUT2D eigenvalue weighted by molar-refractivity contribution is -0.127. The molecule has 0 radical (unpaired) electrons. The first-order valence-corrected chi connectivity index (χ1v) is 11.8. The number of halogens is 1. The maximum Gasteiger partial charge on any atom is 0.286 e. The summed E-state index contributed by atoms with van der Waals surface area (Å²) in [5.74, 6) is -1.42. The van der Waals surface area contributed by atoms with Crippen molar-refractivity contribution in [2.75, 3.05) is 18.4 Å². The summed E-state index contributed by atoms with van der Waals surface area (Å²) in [6, 6.07) is 15.0. The zero-order chi connectivity index (χ0) is 24.1. The molecule has 176 valence electrons. The van der Waals surface area contributed by atoms with Crippen molar-refractivity contribution in [1.82, 2.24) is 20.4 Å². The number of anilines is 1. The third kappa shape index (κ3) is 5.63. The van der Waals surface area contributed by atoms with Gasteiger partial charge in [-0.05, 0) is 49.6 Å². The van der Waals surface area contributed by atoms with Gasteiger partial charge in [0.2, 0.25) is 15.9 Å². The number of benzene rings is 2. The normalized spacial score (nSPS) is 14.9. The van der Waals surface area contributed by atoms with Crippen molar-refractivity contribution < 1.29 is 18.8 Å². The first-order valence-electron chi connectivity index (χ1n) is 11.0. The van der Waals surface area contributed by atoms with E-state index in [4.69, 9.17) is 0 Å². The maximum absolute atomic E-state index is 13.0. The summed E-state index contributed by atoms with van der Waals surface area (Å²) in [5, 5.41) is 13.5. The molecule has 1 atom stereocenters. The van der Waals surface area contributed by atoms with Gasteiger partial charge in [0.1, 0.15) is 5.82 Å². The minimum absolute atomic E-state index is 0.0147. The first kappa shape index (κ1) is 23.5. The number of hydrogen-bond acceptors (Lipinski definition) is 6. The van der Waals surface area contributed by atoms with Gasteiger partial charge in [0.05, 0.1) is 6.04 Å². The number of carbonyl (C=O) groups is 3. The third-order valence-corrected chi connectivity index (χ3v) is 6.63. The summed E-state index contributed by atoms with van der Waals surface area (Å²) in [4.78, 5) is 39.5. The van der Waals surface area contributed by atoms with Crippen LogP contribution in [0.25, 0.3) is 0 Å². The minimum Gasteiger partial charge on any atom is -0.349 e. The van der Waals surface area contributed by atoms with Gasteiger partial charge >= 0.3 is 0 Å². The smallest absolute Gasteiger partial charge is 0.286 e. The fourth-order valence-corrected chi connectivity index (χ4v) is 4.46. The van der Waals surface area contributed by atoms with E-state index in [1.807, 2.05) is 37.3 Å². The predicted octanol–water partition coefficient (Wildman–Crippen LogP) is 3.66. The van der Waals surface area contributed by atoms with Crippen molar-refractivity contribution in [3.05, 3.63) is 76.0 Å². The number of rotatable bonds is 6. The molecule has 3 amide bonds. The molecule has 2 aromatic carbocycles. The highest BCUT2D eigenvalue weighted by Gasteiger charge is 2.30. The molecule has 1 saturated heterocycles. The standard InChI is InChI=1S/C24H24FN5O3S/c1-15(16-5-3-2-4-6-16)26-20(31)17-11-13-30(14-12-17)24(33)23-29-28-22(34-23)21(32)27-19-9-7-18(25)8-10-19/h2-10,15,17H,11-14H2,1H3,(H,26,31)(H,27,32)/t15-/m1/s1. The molecule has 3 aromatic rings. The molecule has 0 unspecified atom stereocenters. The summed E-state index contributed by atoms with van der Waals surface area (Å²) in [6.07, 6.45) is 1.10. The Morgan fingerprint density at radius 3 is 2.32 bits per heavy atom. The van der Waals surface area contributed by atoms with E-state index in [1.54, 1.807) is 4.90 Å². The molecule has 2 N–H and O–H groups in total. The van der Waals surface area contributed by atoms with Crippen molar-refractivity contribution in [2.45, 2.75) is 25.8 Å². The average Bonchev–Trinajstić information content (AvgIpc) is 3.36. The maximum atomic E-state index is 13.0. The number of aromatic nitrogens is 2. The molecular formula is C24H24FN5O3S. The minimum atomic E-state index is -0.522.